The number of carbonyl (C=O) groups is 2. The maximum atomic E-state index is 13.2. The number of rotatable bonds is 12. The van der Waals surface area contributed by atoms with Gasteiger partial charge in [-0.05, 0) is 41.0 Å². The molecule has 0 fully saturated rings. The SMILES string of the molecule is COc1ccc(CNC(=O)C(Cc2ccccc2)NC(N)=NC(=O)Cc2cc(OC)c(OC)cc2Br)cc1OC. The van der Waals surface area contributed by atoms with Gasteiger partial charge < -0.3 is 35.3 Å². The number of ether oxygens (including phenoxy) is 4. The van der Waals surface area contributed by atoms with E-state index in [9.17, 15) is 9.59 Å². The number of carbonyl (C=O) groups excluding carboxylic acids is 2. The van der Waals surface area contributed by atoms with E-state index in [-0.39, 0.29) is 24.8 Å². The molecule has 3 aromatic carbocycles. The second kappa shape index (κ2) is 14.8. The molecule has 0 saturated heterocycles. The summed E-state index contributed by atoms with van der Waals surface area (Å²) in [6, 6.07) is 17.5. The Balaban J connectivity index is 1.73. The lowest BCUT2D eigenvalue weighted by molar-refractivity contribution is -0.123. The summed E-state index contributed by atoms with van der Waals surface area (Å²) in [4.78, 5) is 29.9. The Labute approximate surface area is 242 Å². The fraction of sp³-hybridized carbons (Fsp3) is 0.276. The van der Waals surface area contributed by atoms with Crippen LogP contribution < -0.4 is 35.3 Å². The number of nitrogens with two attached hydrogens (primary N) is 1. The fourth-order valence-electron chi connectivity index (χ4n) is 3.94. The quantitative estimate of drug-likeness (QED) is 0.209. The number of methoxy groups -OCH3 is 4. The van der Waals surface area contributed by atoms with Crippen molar-refractivity contribution in [3.05, 3.63) is 81.8 Å². The van der Waals surface area contributed by atoms with E-state index in [0.29, 0.717) is 39.5 Å². The topological polar surface area (TPSA) is 134 Å². The summed E-state index contributed by atoms with van der Waals surface area (Å²) in [5, 5.41) is 5.82. The first-order valence-electron chi connectivity index (χ1n) is 12.3. The Bertz CT molecular complexity index is 1350. The lowest BCUT2D eigenvalue weighted by atomic mass is 10.1. The first kappa shape index (κ1) is 30.3. The van der Waals surface area contributed by atoms with Crippen molar-refractivity contribution in [2.45, 2.75) is 25.4 Å². The predicted octanol–water partition coefficient (Wildman–Crippen LogP) is 3.38. The molecule has 0 aliphatic carbocycles. The van der Waals surface area contributed by atoms with Gasteiger partial charge in [-0.3, -0.25) is 9.59 Å². The molecule has 11 heteroatoms. The van der Waals surface area contributed by atoms with Crippen LogP contribution in [0.2, 0.25) is 0 Å². The number of halogens is 1. The third-order valence-corrected chi connectivity index (χ3v) is 6.71. The van der Waals surface area contributed by atoms with Crippen LogP contribution in [0, 0.1) is 0 Å². The molecule has 0 aromatic heterocycles. The number of hydrogen-bond acceptors (Lipinski definition) is 6. The lowest BCUT2D eigenvalue weighted by Gasteiger charge is -2.19. The standard InChI is InChI=1S/C29H33BrN4O6/c1-37-23-11-10-19(13-24(23)38-2)17-32-28(36)22(12-18-8-6-5-7-9-18)33-29(31)34-27(35)15-20-14-25(39-3)26(40-4)16-21(20)30/h5-11,13-14,16,22H,12,15,17H2,1-4H3,(H,32,36)(H3,31,33,34,35). The van der Waals surface area contributed by atoms with Gasteiger partial charge in [-0.25, -0.2) is 0 Å². The Morgan fingerprint density at radius 2 is 1.48 bits per heavy atom. The molecule has 3 aromatic rings. The molecule has 0 saturated carbocycles. The fourth-order valence-corrected chi connectivity index (χ4v) is 4.40. The minimum Gasteiger partial charge on any atom is -0.493 e. The van der Waals surface area contributed by atoms with E-state index in [1.165, 1.54) is 14.2 Å². The Morgan fingerprint density at radius 3 is 2.12 bits per heavy atom. The van der Waals surface area contributed by atoms with Gasteiger partial charge in [0.15, 0.2) is 29.0 Å². The molecule has 2 amide bonds. The highest BCUT2D eigenvalue weighted by molar-refractivity contribution is 9.10. The zero-order valence-electron chi connectivity index (χ0n) is 22.8. The van der Waals surface area contributed by atoms with Crippen molar-refractivity contribution in [1.29, 1.82) is 0 Å². The highest BCUT2D eigenvalue weighted by Crippen LogP contribution is 2.33. The molecule has 1 unspecified atom stereocenters. The first-order chi connectivity index (χ1) is 19.3. The molecule has 0 bridgehead atoms. The minimum atomic E-state index is -0.785. The first-order valence-corrected chi connectivity index (χ1v) is 13.1. The van der Waals surface area contributed by atoms with Crippen LogP contribution in [-0.4, -0.2) is 52.3 Å². The maximum Gasteiger partial charge on any atom is 0.253 e. The second-order valence-electron chi connectivity index (χ2n) is 8.66. The number of guanidine groups is 1. The average Bonchev–Trinajstić information content (AvgIpc) is 2.96. The monoisotopic (exact) mass is 612 g/mol. The normalized spacial score (nSPS) is 11.8. The largest absolute Gasteiger partial charge is 0.493 e. The molecule has 1 atom stereocenters. The third kappa shape index (κ3) is 8.37. The van der Waals surface area contributed by atoms with Gasteiger partial charge in [-0.2, -0.15) is 4.99 Å². The third-order valence-electron chi connectivity index (χ3n) is 5.98. The predicted molar refractivity (Wildman–Crippen MR) is 156 cm³/mol. The van der Waals surface area contributed by atoms with Crippen LogP contribution in [0.4, 0.5) is 0 Å². The number of aliphatic imine (C=N–C) groups is 1. The number of nitrogens with one attached hydrogen (secondary N) is 2. The molecule has 0 aliphatic rings. The van der Waals surface area contributed by atoms with E-state index in [4.69, 9.17) is 24.7 Å². The summed E-state index contributed by atoms with van der Waals surface area (Å²) in [6.07, 6.45) is 0.280. The summed E-state index contributed by atoms with van der Waals surface area (Å²) < 4.78 is 21.9. The molecular weight excluding hydrogens is 580 g/mol. The highest BCUT2D eigenvalue weighted by Gasteiger charge is 2.21. The van der Waals surface area contributed by atoms with E-state index >= 15 is 0 Å². The van der Waals surface area contributed by atoms with E-state index < -0.39 is 11.9 Å². The van der Waals surface area contributed by atoms with Gasteiger partial charge in [0.2, 0.25) is 5.91 Å². The Kier molecular flexibility index (Phi) is 11.2. The molecular formula is C29H33BrN4O6. The smallest absolute Gasteiger partial charge is 0.253 e. The van der Waals surface area contributed by atoms with E-state index in [1.54, 1.807) is 38.5 Å². The van der Waals surface area contributed by atoms with Gasteiger partial charge >= 0.3 is 0 Å². The van der Waals surface area contributed by atoms with Gasteiger partial charge in [0.25, 0.3) is 5.91 Å². The van der Waals surface area contributed by atoms with Gasteiger partial charge in [0.05, 0.1) is 34.9 Å². The molecule has 0 spiro atoms. The van der Waals surface area contributed by atoms with Gasteiger partial charge in [-0.1, -0.05) is 52.3 Å². The zero-order valence-corrected chi connectivity index (χ0v) is 24.4. The number of hydrogen-bond donors (Lipinski definition) is 3. The van der Waals surface area contributed by atoms with Crippen LogP contribution in [-0.2, 0) is 29.0 Å². The zero-order chi connectivity index (χ0) is 29.1. The maximum absolute atomic E-state index is 13.2. The van der Waals surface area contributed by atoms with E-state index in [1.807, 2.05) is 36.4 Å². The summed E-state index contributed by atoms with van der Waals surface area (Å²) in [7, 11) is 6.15. The van der Waals surface area contributed by atoms with Crippen molar-refractivity contribution in [3.63, 3.8) is 0 Å². The van der Waals surface area contributed by atoms with Crippen LogP contribution in [0.25, 0.3) is 0 Å². The van der Waals surface area contributed by atoms with Crippen molar-refractivity contribution in [2.75, 3.05) is 28.4 Å². The molecule has 40 heavy (non-hydrogen) atoms. The molecule has 3 rings (SSSR count). The summed E-state index contributed by atoms with van der Waals surface area (Å²) in [6.45, 7) is 0.246. The van der Waals surface area contributed by atoms with Crippen molar-refractivity contribution >= 4 is 33.7 Å². The van der Waals surface area contributed by atoms with Crippen molar-refractivity contribution in [3.8, 4) is 23.0 Å². The highest BCUT2D eigenvalue weighted by atomic mass is 79.9. The van der Waals surface area contributed by atoms with Gasteiger partial charge in [-0.15, -0.1) is 0 Å². The van der Waals surface area contributed by atoms with Gasteiger partial charge in [0, 0.05) is 17.4 Å². The molecule has 0 heterocycles. The average molecular weight is 614 g/mol. The lowest BCUT2D eigenvalue weighted by Crippen LogP contribution is -2.50. The number of amides is 2. The van der Waals surface area contributed by atoms with Crippen molar-refractivity contribution < 1.29 is 28.5 Å². The van der Waals surface area contributed by atoms with E-state index in [2.05, 4.69) is 31.6 Å². The van der Waals surface area contributed by atoms with Crippen molar-refractivity contribution in [2.24, 2.45) is 10.7 Å². The Hall–Kier alpha value is -4.25. The van der Waals surface area contributed by atoms with Crippen LogP contribution >= 0.6 is 15.9 Å². The van der Waals surface area contributed by atoms with E-state index in [0.717, 1.165) is 11.1 Å². The molecule has 0 radical (unpaired) electrons. The van der Waals surface area contributed by atoms with Crippen LogP contribution in [0.3, 0.4) is 0 Å². The molecule has 10 nitrogen and oxygen atoms in total. The summed E-state index contributed by atoms with van der Waals surface area (Å²) in [5.74, 6) is 1.19. The Morgan fingerprint density at radius 1 is 0.850 bits per heavy atom. The van der Waals surface area contributed by atoms with Gasteiger partial charge in [0.1, 0.15) is 6.04 Å². The van der Waals surface area contributed by atoms with Crippen LogP contribution in [0.15, 0.2) is 70.1 Å². The number of benzene rings is 3. The molecule has 212 valence electrons. The summed E-state index contributed by atoms with van der Waals surface area (Å²) in [5.41, 5.74) is 8.47. The summed E-state index contributed by atoms with van der Waals surface area (Å²) >= 11 is 3.45. The number of nitrogens with zero attached hydrogens (tertiary/aromatic N) is 1. The van der Waals surface area contributed by atoms with Crippen molar-refractivity contribution in [1.82, 2.24) is 10.6 Å². The van der Waals surface area contributed by atoms with Crippen LogP contribution in [0.5, 0.6) is 23.0 Å². The molecule has 0 aliphatic heterocycles. The molecule has 4 N–H and O–H groups in total. The van der Waals surface area contributed by atoms with Crippen LogP contribution in [0.1, 0.15) is 16.7 Å². The minimum absolute atomic E-state index is 0.0435. The second-order valence-corrected chi connectivity index (χ2v) is 9.51.